The van der Waals surface area contributed by atoms with Crippen molar-refractivity contribution < 1.29 is 9.90 Å². The highest BCUT2D eigenvalue weighted by Crippen LogP contribution is 2.46. The van der Waals surface area contributed by atoms with Crippen molar-refractivity contribution in [3.8, 4) is 0 Å². The summed E-state index contributed by atoms with van der Waals surface area (Å²) >= 11 is 9.04. The van der Waals surface area contributed by atoms with E-state index in [4.69, 9.17) is 11.6 Å². The molecular weight excluding hydrogens is 279 g/mol. The third-order valence-corrected chi connectivity index (χ3v) is 5.63. The fourth-order valence-corrected chi connectivity index (χ4v) is 3.48. The van der Waals surface area contributed by atoms with E-state index in [1.165, 1.54) is 0 Å². The van der Waals surface area contributed by atoms with E-state index in [9.17, 15) is 9.90 Å². The van der Waals surface area contributed by atoms with Crippen molar-refractivity contribution in [3.05, 3.63) is 0 Å². The first-order valence-electron chi connectivity index (χ1n) is 5.32. The van der Waals surface area contributed by atoms with Gasteiger partial charge in [-0.25, -0.2) is 0 Å². The average molecular weight is 298 g/mol. The van der Waals surface area contributed by atoms with Crippen molar-refractivity contribution in [2.45, 2.75) is 44.5 Å². The van der Waals surface area contributed by atoms with Gasteiger partial charge in [-0.2, -0.15) is 0 Å². The molecule has 0 saturated heterocycles. The number of aliphatic hydroxyl groups excluding tert-OH is 1. The van der Waals surface area contributed by atoms with Crippen molar-refractivity contribution in [1.82, 2.24) is 0 Å². The summed E-state index contributed by atoms with van der Waals surface area (Å²) in [4.78, 5) is 11.1. The molecule has 1 fully saturated rings. The van der Waals surface area contributed by atoms with Crippen molar-refractivity contribution >= 4 is 32.8 Å². The maximum atomic E-state index is 11.4. The third kappa shape index (κ3) is 2.40. The SMILES string of the molecule is CC(C)C1CCC(C)(C(=O)Cl)C(Br)C1O. The molecule has 2 nitrogen and oxygen atoms in total. The molecule has 1 aliphatic carbocycles. The van der Waals surface area contributed by atoms with Crippen LogP contribution in [-0.4, -0.2) is 21.3 Å². The van der Waals surface area contributed by atoms with Gasteiger partial charge in [-0.3, -0.25) is 4.79 Å². The first kappa shape index (κ1) is 13.5. The van der Waals surface area contributed by atoms with Crippen molar-refractivity contribution in [2.24, 2.45) is 17.3 Å². The zero-order valence-corrected chi connectivity index (χ0v) is 11.7. The number of hydrogen-bond acceptors (Lipinski definition) is 2. The van der Waals surface area contributed by atoms with E-state index in [0.29, 0.717) is 5.92 Å². The summed E-state index contributed by atoms with van der Waals surface area (Å²) in [5.74, 6) is 0.675. The minimum Gasteiger partial charge on any atom is -0.392 e. The molecule has 0 aromatic carbocycles. The number of aliphatic hydroxyl groups is 1. The monoisotopic (exact) mass is 296 g/mol. The molecule has 0 aliphatic heterocycles. The molecule has 0 bridgehead atoms. The second kappa shape index (κ2) is 4.72. The van der Waals surface area contributed by atoms with Crippen LogP contribution in [0.4, 0.5) is 0 Å². The lowest BCUT2D eigenvalue weighted by Crippen LogP contribution is -2.50. The van der Waals surface area contributed by atoms with Gasteiger partial charge in [0.25, 0.3) is 0 Å². The van der Waals surface area contributed by atoms with Crippen LogP contribution in [0.1, 0.15) is 33.6 Å². The van der Waals surface area contributed by atoms with E-state index < -0.39 is 11.5 Å². The molecule has 0 heterocycles. The number of alkyl halides is 1. The van der Waals surface area contributed by atoms with E-state index in [0.717, 1.165) is 12.8 Å². The van der Waals surface area contributed by atoms with Crippen LogP contribution < -0.4 is 0 Å². The van der Waals surface area contributed by atoms with Crippen LogP contribution in [0.25, 0.3) is 0 Å². The van der Waals surface area contributed by atoms with Gasteiger partial charge in [0.1, 0.15) is 0 Å². The van der Waals surface area contributed by atoms with Gasteiger partial charge >= 0.3 is 0 Å². The lowest BCUT2D eigenvalue weighted by atomic mass is 9.68. The lowest BCUT2D eigenvalue weighted by molar-refractivity contribution is -0.124. The predicted molar refractivity (Wildman–Crippen MR) is 65.3 cm³/mol. The van der Waals surface area contributed by atoms with Crippen molar-refractivity contribution in [2.75, 3.05) is 0 Å². The summed E-state index contributed by atoms with van der Waals surface area (Å²) in [6, 6.07) is 0. The largest absolute Gasteiger partial charge is 0.392 e. The predicted octanol–water partition coefficient (Wildman–Crippen LogP) is 2.95. The molecule has 4 heteroatoms. The van der Waals surface area contributed by atoms with Crippen LogP contribution >= 0.6 is 27.5 Å². The Morgan fingerprint density at radius 3 is 2.53 bits per heavy atom. The number of hydrogen-bond donors (Lipinski definition) is 1. The Hall–Kier alpha value is 0.400. The highest BCUT2D eigenvalue weighted by molar-refractivity contribution is 9.09. The van der Waals surface area contributed by atoms with Crippen molar-refractivity contribution in [1.29, 1.82) is 0 Å². The quantitative estimate of drug-likeness (QED) is 0.628. The summed E-state index contributed by atoms with van der Waals surface area (Å²) in [5.41, 5.74) is -0.633. The lowest BCUT2D eigenvalue weighted by Gasteiger charge is -2.44. The first-order chi connectivity index (χ1) is 6.80. The molecule has 4 atom stereocenters. The van der Waals surface area contributed by atoms with Gasteiger partial charge in [0.2, 0.25) is 5.24 Å². The Labute approximate surface area is 105 Å². The van der Waals surface area contributed by atoms with E-state index >= 15 is 0 Å². The molecule has 0 aromatic heterocycles. The molecule has 0 radical (unpaired) electrons. The van der Waals surface area contributed by atoms with Crippen molar-refractivity contribution in [3.63, 3.8) is 0 Å². The van der Waals surface area contributed by atoms with Crippen LogP contribution in [0, 0.1) is 17.3 Å². The van der Waals surface area contributed by atoms with Crippen LogP contribution in [-0.2, 0) is 4.79 Å². The Morgan fingerprint density at radius 1 is 1.60 bits per heavy atom. The molecule has 0 amide bonds. The van der Waals surface area contributed by atoms with Gasteiger partial charge in [-0.05, 0) is 36.3 Å². The second-order valence-corrected chi connectivity index (χ2v) is 6.36. The zero-order chi connectivity index (χ0) is 11.8. The third-order valence-electron chi connectivity index (χ3n) is 3.65. The maximum Gasteiger partial charge on any atom is 0.228 e. The van der Waals surface area contributed by atoms with Gasteiger partial charge in [0, 0.05) is 0 Å². The normalized spacial score (nSPS) is 41.9. The molecule has 88 valence electrons. The van der Waals surface area contributed by atoms with Crippen LogP contribution in [0.5, 0.6) is 0 Å². The minimum absolute atomic E-state index is 0.240. The molecule has 4 unspecified atom stereocenters. The molecule has 1 N–H and O–H groups in total. The zero-order valence-electron chi connectivity index (χ0n) is 9.34. The maximum absolute atomic E-state index is 11.4. The van der Waals surface area contributed by atoms with Gasteiger partial charge in [0.05, 0.1) is 16.3 Å². The Kier molecular flexibility index (Phi) is 4.24. The summed E-state index contributed by atoms with van der Waals surface area (Å²) in [6.45, 7) is 6.01. The standard InChI is InChI=1S/C11H18BrClO2/c1-6(2)7-4-5-11(3,10(13)15)9(12)8(7)14/h6-9,14H,4-5H2,1-3H3. The molecular formula is C11H18BrClO2. The van der Waals surface area contributed by atoms with Gasteiger partial charge in [0.15, 0.2) is 0 Å². The number of carbonyl (C=O) groups is 1. The number of halogens is 2. The average Bonchev–Trinajstić information content (AvgIpc) is 2.13. The van der Waals surface area contributed by atoms with Crippen LogP contribution in [0.15, 0.2) is 0 Å². The number of rotatable bonds is 2. The smallest absolute Gasteiger partial charge is 0.228 e. The Morgan fingerprint density at radius 2 is 2.13 bits per heavy atom. The number of carbonyl (C=O) groups excluding carboxylic acids is 1. The molecule has 1 aliphatic rings. The molecule has 0 spiro atoms. The molecule has 1 rings (SSSR count). The minimum atomic E-state index is -0.633. The fraction of sp³-hybridized carbons (Fsp3) is 0.909. The summed E-state index contributed by atoms with van der Waals surface area (Å²) in [7, 11) is 0. The summed E-state index contributed by atoms with van der Waals surface area (Å²) in [5, 5.41) is 9.78. The molecule has 1 saturated carbocycles. The Balaban J connectivity index is 2.86. The van der Waals surface area contributed by atoms with E-state index in [-0.39, 0.29) is 16.0 Å². The molecule has 15 heavy (non-hydrogen) atoms. The van der Waals surface area contributed by atoms with E-state index in [1.807, 2.05) is 6.92 Å². The van der Waals surface area contributed by atoms with Gasteiger partial charge in [-0.15, -0.1) is 0 Å². The highest BCUT2D eigenvalue weighted by Gasteiger charge is 2.49. The van der Waals surface area contributed by atoms with E-state index in [2.05, 4.69) is 29.8 Å². The first-order valence-corrected chi connectivity index (χ1v) is 6.62. The van der Waals surface area contributed by atoms with Gasteiger partial charge < -0.3 is 5.11 Å². The van der Waals surface area contributed by atoms with Crippen LogP contribution in [0.3, 0.4) is 0 Å². The second-order valence-electron chi connectivity index (χ2n) is 5.03. The molecule has 0 aromatic rings. The summed E-state index contributed by atoms with van der Waals surface area (Å²) in [6.07, 6.45) is 1.10. The highest BCUT2D eigenvalue weighted by atomic mass is 79.9. The Bertz CT molecular complexity index is 257. The van der Waals surface area contributed by atoms with Gasteiger partial charge in [-0.1, -0.05) is 36.7 Å². The fourth-order valence-electron chi connectivity index (χ4n) is 2.30. The summed E-state index contributed by atoms with van der Waals surface area (Å²) < 4.78 is 0. The van der Waals surface area contributed by atoms with Crippen LogP contribution in [0.2, 0.25) is 0 Å². The topological polar surface area (TPSA) is 37.3 Å². The van der Waals surface area contributed by atoms with E-state index in [1.54, 1.807) is 0 Å².